The fraction of sp³-hybridized carbons (Fsp3) is 0.267. The first-order chi connectivity index (χ1) is 34.4. The van der Waals surface area contributed by atoms with E-state index in [0.717, 1.165) is 64.1 Å². The van der Waals surface area contributed by atoms with E-state index < -0.39 is 23.2 Å². The Hall–Kier alpha value is -6.68. The molecule has 0 aliphatic rings. The molecular formula is C60H64N6O4Se2. The van der Waals surface area contributed by atoms with Crippen LogP contribution in [-0.4, -0.2) is 93.8 Å². The first-order valence-corrected chi connectivity index (χ1v) is 30.5. The third-order valence-electron chi connectivity index (χ3n) is 12.5. The third-order valence-corrected chi connectivity index (χ3v) is 19.7. The number of hydrogen-bond acceptors (Lipinski definition) is 4. The number of rotatable bonds is 17. The van der Waals surface area contributed by atoms with Crippen molar-refractivity contribution in [2.75, 3.05) is 13.1 Å². The number of nitrogens with one attached hydrogen (secondary N) is 4. The van der Waals surface area contributed by atoms with Gasteiger partial charge in [0.15, 0.2) is 0 Å². The molecule has 2 unspecified atom stereocenters. The second-order valence-electron chi connectivity index (χ2n) is 20.5. The van der Waals surface area contributed by atoms with Crippen LogP contribution in [0, 0.1) is 13.8 Å². The Bertz CT molecular complexity index is 2990. The molecule has 2 aromatic heterocycles. The summed E-state index contributed by atoms with van der Waals surface area (Å²) in [6.45, 7) is 16.3. The number of fused-ring (bicyclic) bond motifs is 2. The number of nitrogens with zero attached hydrogens (tertiary/aromatic N) is 2. The summed E-state index contributed by atoms with van der Waals surface area (Å²) in [7, 11) is 0. The van der Waals surface area contributed by atoms with Crippen molar-refractivity contribution in [2.45, 2.75) is 91.4 Å². The predicted octanol–water partition coefficient (Wildman–Crippen LogP) is 9.22. The Labute approximate surface area is 434 Å². The quantitative estimate of drug-likeness (QED) is 0.0678. The number of benzene rings is 6. The van der Waals surface area contributed by atoms with Gasteiger partial charge in [0.2, 0.25) is 0 Å². The van der Waals surface area contributed by atoms with Crippen LogP contribution >= 0.6 is 0 Å². The summed E-state index contributed by atoms with van der Waals surface area (Å²) in [4.78, 5) is 70.5. The van der Waals surface area contributed by atoms with Crippen LogP contribution in [0.25, 0.3) is 21.8 Å². The topological polar surface area (TPSA) is 130 Å². The van der Waals surface area contributed by atoms with E-state index in [0.29, 0.717) is 24.0 Å². The molecule has 2 atom stereocenters. The van der Waals surface area contributed by atoms with Gasteiger partial charge in [0.25, 0.3) is 0 Å². The Kier molecular flexibility index (Phi) is 16.1. The number of aromatic nitrogens is 2. The summed E-state index contributed by atoms with van der Waals surface area (Å²) in [5, 5.41) is 8.55. The minimum atomic E-state index is -0.917. The number of para-hydroxylation sites is 2. The van der Waals surface area contributed by atoms with Crippen molar-refractivity contribution in [1.82, 2.24) is 30.4 Å². The van der Waals surface area contributed by atoms with E-state index in [1.807, 2.05) is 201 Å². The molecule has 0 spiro atoms. The maximum absolute atomic E-state index is 15.5. The van der Waals surface area contributed by atoms with Gasteiger partial charge in [0, 0.05) is 0 Å². The van der Waals surface area contributed by atoms with Crippen LogP contribution in [-0.2, 0) is 22.4 Å². The van der Waals surface area contributed by atoms with Crippen molar-refractivity contribution in [3.8, 4) is 0 Å². The molecule has 0 radical (unpaired) electrons. The van der Waals surface area contributed by atoms with E-state index in [-0.39, 0.29) is 63.0 Å². The zero-order chi connectivity index (χ0) is 51.2. The molecule has 6 aromatic carbocycles. The van der Waals surface area contributed by atoms with Crippen molar-refractivity contribution >= 4 is 80.6 Å². The second kappa shape index (κ2) is 22.4. The standard InChI is InChI=1S/C60H64N6O4Se2/c1-39-25-29-41(30-26-39)53(55(67)63-59(3,4)5)65(35-33-43-37-61-49-21-13-9-17-45(43)49)57(69)47-19-11-15-23-51(47)71-72-52-24-16-12-20-48(52)58(70)66(36-34-44-38-62-50-22-14-10-18-46(44)50)54(56(68)64-60(6,7)8)42-31-27-40(2)28-32-42/h9-32,37-38,53-54,61-62H,33-36H2,1-8H3,(H,63,67)(H,64,68). The molecule has 2 heterocycles. The van der Waals surface area contributed by atoms with Crippen LogP contribution in [0.5, 0.6) is 0 Å². The molecule has 370 valence electrons. The van der Waals surface area contributed by atoms with E-state index in [9.17, 15) is 9.59 Å². The SMILES string of the molecule is Cc1ccc(C(C(=O)NC(C)(C)C)N(CCc2c[nH]c3ccccc23)C(=O)c2ccccc2[Se][Se]c2ccccc2C(=O)N(CCc2c[nH]c3ccccc23)C(C(=O)NC(C)(C)C)c2ccc(C)cc2)cc1. The van der Waals surface area contributed by atoms with Gasteiger partial charge in [0.05, 0.1) is 0 Å². The average Bonchev–Trinajstić information content (AvgIpc) is 3.97. The van der Waals surface area contributed by atoms with E-state index >= 15 is 9.59 Å². The normalized spacial score (nSPS) is 12.6. The number of carbonyl (C=O) groups is 4. The van der Waals surface area contributed by atoms with Crippen LogP contribution in [0.2, 0.25) is 0 Å². The van der Waals surface area contributed by atoms with Gasteiger partial charge in [-0.15, -0.1) is 0 Å². The van der Waals surface area contributed by atoms with Crippen molar-refractivity contribution in [3.63, 3.8) is 0 Å². The number of aryl methyl sites for hydroxylation is 2. The van der Waals surface area contributed by atoms with Crippen molar-refractivity contribution in [1.29, 1.82) is 0 Å². The number of H-pyrrole nitrogens is 2. The van der Waals surface area contributed by atoms with E-state index in [2.05, 4.69) is 32.7 Å². The predicted molar refractivity (Wildman–Crippen MR) is 293 cm³/mol. The Balaban J connectivity index is 1.14. The summed E-state index contributed by atoms with van der Waals surface area (Å²) in [6.07, 6.45) is 5.01. The molecule has 0 saturated heterocycles. The van der Waals surface area contributed by atoms with Gasteiger partial charge in [0.1, 0.15) is 0 Å². The monoisotopic (exact) mass is 1090 g/mol. The molecule has 0 aliphatic carbocycles. The molecule has 8 aromatic rings. The summed E-state index contributed by atoms with van der Waals surface area (Å²) in [6, 6.07) is 45.5. The van der Waals surface area contributed by atoms with E-state index in [1.165, 1.54) is 0 Å². The van der Waals surface area contributed by atoms with Crippen LogP contribution in [0.4, 0.5) is 0 Å². The van der Waals surface area contributed by atoms with Gasteiger partial charge in [-0.1, -0.05) is 0 Å². The first-order valence-electron chi connectivity index (χ1n) is 24.5. The van der Waals surface area contributed by atoms with Gasteiger partial charge in [-0.2, -0.15) is 0 Å². The zero-order valence-corrected chi connectivity index (χ0v) is 45.8. The molecular weight excluding hydrogens is 1030 g/mol. The molecule has 10 nitrogen and oxygen atoms in total. The summed E-state index contributed by atoms with van der Waals surface area (Å²) in [5.74, 6) is -0.993. The fourth-order valence-electron chi connectivity index (χ4n) is 9.00. The van der Waals surface area contributed by atoms with Gasteiger partial charge >= 0.3 is 437 Å². The number of aromatic amines is 2. The van der Waals surface area contributed by atoms with Gasteiger partial charge in [-0.05, 0) is 0 Å². The Morgan fingerprint density at radius 3 is 1.21 bits per heavy atom. The van der Waals surface area contributed by atoms with Crippen LogP contribution in [0.15, 0.2) is 158 Å². The molecule has 12 heteroatoms. The molecule has 8 rings (SSSR count). The van der Waals surface area contributed by atoms with Crippen LogP contribution in [0.1, 0.15) is 108 Å². The number of amides is 4. The minimum absolute atomic E-state index is 0.239. The summed E-state index contributed by atoms with van der Waals surface area (Å²) < 4.78 is 1.76. The molecule has 4 N–H and O–H groups in total. The van der Waals surface area contributed by atoms with Gasteiger partial charge in [-0.25, -0.2) is 0 Å². The number of hydrogen-bond donors (Lipinski definition) is 4. The Morgan fingerprint density at radius 1 is 0.486 bits per heavy atom. The molecule has 4 amide bonds. The molecule has 0 aliphatic heterocycles. The van der Waals surface area contributed by atoms with Crippen LogP contribution < -0.4 is 19.6 Å². The third kappa shape index (κ3) is 12.5. The molecule has 0 bridgehead atoms. The fourth-order valence-corrected chi connectivity index (χ4v) is 16.1. The van der Waals surface area contributed by atoms with Crippen molar-refractivity contribution in [3.05, 3.63) is 202 Å². The van der Waals surface area contributed by atoms with E-state index in [1.54, 1.807) is 9.80 Å². The Morgan fingerprint density at radius 2 is 0.833 bits per heavy atom. The van der Waals surface area contributed by atoms with Crippen LogP contribution in [0.3, 0.4) is 0 Å². The average molecular weight is 1090 g/mol. The molecule has 0 saturated carbocycles. The number of carbonyl (C=O) groups excluding carboxylic acids is 4. The van der Waals surface area contributed by atoms with Crippen molar-refractivity contribution in [2.24, 2.45) is 0 Å². The van der Waals surface area contributed by atoms with E-state index in [4.69, 9.17) is 0 Å². The summed E-state index contributed by atoms with van der Waals surface area (Å²) in [5.41, 5.74) is 7.64. The summed E-state index contributed by atoms with van der Waals surface area (Å²) >= 11 is -0.583. The second-order valence-corrected chi connectivity index (χ2v) is 26.7. The van der Waals surface area contributed by atoms with Gasteiger partial charge in [-0.3, -0.25) is 0 Å². The first kappa shape index (κ1) is 51.7. The van der Waals surface area contributed by atoms with Gasteiger partial charge < -0.3 is 0 Å². The zero-order valence-electron chi connectivity index (χ0n) is 42.3. The molecule has 0 fully saturated rings. The maximum atomic E-state index is 15.5. The molecule has 72 heavy (non-hydrogen) atoms. The van der Waals surface area contributed by atoms with Crippen molar-refractivity contribution < 1.29 is 19.2 Å².